The number of imidazole rings is 1. The monoisotopic (exact) mass is 305 g/mol. The molecule has 9 heteroatoms. The highest BCUT2D eigenvalue weighted by Gasteiger charge is 2.23. The molecule has 0 aromatic carbocycles. The van der Waals surface area contributed by atoms with E-state index >= 15 is 0 Å². The minimum atomic E-state index is -3.67. The summed E-state index contributed by atoms with van der Waals surface area (Å²) in [5, 5.41) is 0. The number of hydrogen-bond acceptors (Lipinski definition) is 5. The molecule has 8 nitrogen and oxygen atoms in total. The van der Waals surface area contributed by atoms with Gasteiger partial charge in [-0.3, -0.25) is 4.55 Å². The number of H-pyrrole nitrogens is 1. The summed E-state index contributed by atoms with van der Waals surface area (Å²) in [6.45, 7) is 4.96. The summed E-state index contributed by atoms with van der Waals surface area (Å²) in [5.74, 6) is 0. The van der Waals surface area contributed by atoms with E-state index in [0.29, 0.717) is 19.3 Å². The van der Waals surface area contributed by atoms with Crippen molar-refractivity contribution in [2.45, 2.75) is 32.9 Å². The molecule has 2 N–H and O–H groups in total. The van der Waals surface area contributed by atoms with Crippen molar-refractivity contribution >= 4 is 16.2 Å². The zero-order valence-corrected chi connectivity index (χ0v) is 12.5. The molecular formula is C11H19N3O5S. The van der Waals surface area contributed by atoms with Gasteiger partial charge in [0.2, 0.25) is 0 Å². The number of aromatic amines is 1. The Morgan fingerprint density at radius 1 is 1.55 bits per heavy atom. The number of nitrogens with one attached hydrogen (secondary N) is 1. The Balaban J connectivity index is 0.000000347. The van der Waals surface area contributed by atoms with E-state index in [1.807, 2.05) is 13.8 Å². The van der Waals surface area contributed by atoms with Crippen molar-refractivity contribution in [3.05, 3.63) is 17.7 Å². The molecule has 0 saturated carbocycles. The first kappa shape index (κ1) is 16.4. The van der Waals surface area contributed by atoms with Crippen LogP contribution >= 0.6 is 0 Å². The van der Waals surface area contributed by atoms with Crippen molar-refractivity contribution in [1.82, 2.24) is 14.9 Å². The fourth-order valence-electron chi connectivity index (χ4n) is 1.64. The first-order valence-electron chi connectivity index (χ1n) is 6.06. The highest BCUT2D eigenvalue weighted by Crippen LogP contribution is 2.15. The fraction of sp³-hybridized carbons (Fsp3) is 0.636. The van der Waals surface area contributed by atoms with E-state index < -0.39 is 10.1 Å². The molecule has 0 unspecified atom stereocenters. The van der Waals surface area contributed by atoms with Crippen LogP contribution in [-0.4, -0.2) is 52.8 Å². The molecule has 0 atom stereocenters. The van der Waals surface area contributed by atoms with Crippen molar-refractivity contribution in [3.63, 3.8) is 0 Å². The summed E-state index contributed by atoms with van der Waals surface area (Å²) in [5.41, 5.74) is 2.07. The molecule has 1 aliphatic heterocycles. The molecule has 0 radical (unpaired) electrons. The Kier molecular flexibility index (Phi) is 5.52. The molecule has 1 aromatic heterocycles. The zero-order chi connectivity index (χ0) is 15.3. The maximum atomic E-state index is 11.6. The van der Waals surface area contributed by atoms with Crippen LogP contribution in [0.5, 0.6) is 0 Å². The molecular weight excluding hydrogens is 286 g/mol. The van der Waals surface area contributed by atoms with Crippen LogP contribution in [0.1, 0.15) is 25.2 Å². The van der Waals surface area contributed by atoms with Crippen LogP contribution in [0.4, 0.5) is 4.79 Å². The van der Waals surface area contributed by atoms with E-state index in [-0.39, 0.29) is 12.2 Å². The number of nitrogens with zero attached hydrogens (tertiary/aromatic N) is 2. The molecule has 0 spiro atoms. The fourth-order valence-corrected chi connectivity index (χ4v) is 1.64. The lowest BCUT2D eigenvalue weighted by Crippen LogP contribution is -2.37. The van der Waals surface area contributed by atoms with Gasteiger partial charge in [-0.05, 0) is 13.8 Å². The normalized spacial score (nSPS) is 14.3. The number of aromatic nitrogens is 2. The van der Waals surface area contributed by atoms with E-state index in [0.717, 1.165) is 17.8 Å². The average Bonchev–Trinajstić information content (AvgIpc) is 2.72. The first-order chi connectivity index (χ1) is 9.16. The summed E-state index contributed by atoms with van der Waals surface area (Å²) in [7, 11) is -3.67. The van der Waals surface area contributed by atoms with E-state index in [1.165, 1.54) is 0 Å². The molecule has 0 aliphatic carbocycles. The second kappa shape index (κ2) is 6.71. The Labute approximate surface area is 117 Å². The second-order valence-corrected chi connectivity index (χ2v) is 6.13. The van der Waals surface area contributed by atoms with Crippen LogP contribution in [0.2, 0.25) is 0 Å². The van der Waals surface area contributed by atoms with Gasteiger partial charge in [0, 0.05) is 13.0 Å². The smallest absolute Gasteiger partial charge is 0.410 e. The van der Waals surface area contributed by atoms with Gasteiger partial charge in [-0.25, -0.2) is 9.78 Å². The quantitative estimate of drug-likeness (QED) is 0.743. The van der Waals surface area contributed by atoms with E-state index in [9.17, 15) is 13.2 Å². The maximum absolute atomic E-state index is 11.6. The molecule has 1 aliphatic rings. The van der Waals surface area contributed by atoms with Crippen molar-refractivity contribution < 1.29 is 22.5 Å². The third kappa shape index (κ3) is 6.02. The summed E-state index contributed by atoms with van der Waals surface area (Å²) < 4.78 is 31.0. The lowest BCUT2D eigenvalue weighted by molar-refractivity contribution is 0.0725. The van der Waals surface area contributed by atoms with Gasteiger partial charge in [0.1, 0.15) is 0 Å². The predicted octanol–water partition coefficient (Wildman–Crippen LogP) is 0.817. The summed E-state index contributed by atoms with van der Waals surface area (Å²) >= 11 is 0. The largest absolute Gasteiger partial charge is 0.447 e. The van der Waals surface area contributed by atoms with Crippen LogP contribution in [-0.2, 0) is 27.8 Å². The number of fused-ring (bicyclic) bond motifs is 1. The minimum Gasteiger partial charge on any atom is -0.447 e. The second-order valence-electron chi connectivity index (χ2n) is 4.66. The van der Waals surface area contributed by atoms with E-state index in [1.54, 1.807) is 11.2 Å². The molecule has 114 valence electrons. The van der Waals surface area contributed by atoms with Crippen molar-refractivity contribution in [3.8, 4) is 0 Å². The summed E-state index contributed by atoms with van der Waals surface area (Å²) in [4.78, 5) is 20.5. The molecule has 2 heterocycles. The van der Waals surface area contributed by atoms with Gasteiger partial charge in [-0.2, -0.15) is 8.42 Å². The third-order valence-electron chi connectivity index (χ3n) is 2.37. The van der Waals surface area contributed by atoms with Crippen LogP contribution < -0.4 is 0 Å². The van der Waals surface area contributed by atoms with Gasteiger partial charge in [-0.1, -0.05) is 0 Å². The molecule has 1 aromatic rings. The lowest BCUT2D eigenvalue weighted by atomic mass is 10.1. The number of carbonyl (C=O) groups excluding carboxylic acids is 1. The Morgan fingerprint density at radius 2 is 2.15 bits per heavy atom. The number of carbonyl (C=O) groups is 1. The van der Waals surface area contributed by atoms with Gasteiger partial charge < -0.3 is 14.6 Å². The first-order valence-corrected chi connectivity index (χ1v) is 7.90. The zero-order valence-electron chi connectivity index (χ0n) is 11.7. The number of hydrogen-bond donors (Lipinski definition) is 2. The maximum Gasteiger partial charge on any atom is 0.410 e. The Hall–Kier alpha value is -1.61. The summed E-state index contributed by atoms with van der Waals surface area (Å²) in [6, 6.07) is 0. The van der Waals surface area contributed by atoms with Crippen LogP contribution in [0, 0.1) is 0 Å². The van der Waals surface area contributed by atoms with Crippen molar-refractivity contribution in [2.24, 2.45) is 0 Å². The SMILES string of the molecule is CC(C)OC(=O)N1CCc2nc[nH]c2C1.CS(=O)(=O)O. The minimum absolute atomic E-state index is 0.0688. The molecule has 20 heavy (non-hydrogen) atoms. The van der Waals surface area contributed by atoms with E-state index in [4.69, 9.17) is 9.29 Å². The van der Waals surface area contributed by atoms with Crippen LogP contribution in [0.3, 0.4) is 0 Å². The molecule has 2 rings (SSSR count). The third-order valence-corrected chi connectivity index (χ3v) is 2.37. The standard InChI is InChI=1S/C10H15N3O2.CH4O3S/c1-7(2)15-10(14)13-4-3-8-9(5-13)12-6-11-8;1-5(2,3)4/h6-7H,3-5H2,1-2H3,(H,11,12);1H3,(H,2,3,4). The van der Waals surface area contributed by atoms with Crippen LogP contribution in [0.25, 0.3) is 0 Å². The van der Waals surface area contributed by atoms with Crippen molar-refractivity contribution in [2.75, 3.05) is 12.8 Å². The number of rotatable bonds is 1. The molecule has 0 bridgehead atoms. The lowest BCUT2D eigenvalue weighted by Gasteiger charge is -2.26. The molecule has 0 saturated heterocycles. The van der Waals surface area contributed by atoms with Gasteiger partial charge in [0.15, 0.2) is 0 Å². The predicted molar refractivity (Wildman–Crippen MR) is 71.8 cm³/mol. The summed E-state index contributed by atoms with van der Waals surface area (Å²) in [6.07, 6.45) is 2.87. The van der Waals surface area contributed by atoms with Crippen molar-refractivity contribution in [1.29, 1.82) is 0 Å². The molecule has 1 amide bonds. The highest BCUT2D eigenvalue weighted by molar-refractivity contribution is 7.85. The Bertz CT molecular complexity index is 544. The highest BCUT2D eigenvalue weighted by atomic mass is 32.2. The molecule has 0 fully saturated rings. The topological polar surface area (TPSA) is 113 Å². The van der Waals surface area contributed by atoms with Gasteiger partial charge in [0.05, 0.1) is 36.6 Å². The van der Waals surface area contributed by atoms with Crippen LogP contribution in [0.15, 0.2) is 6.33 Å². The van der Waals surface area contributed by atoms with Gasteiger partial charge in [0.25, 0.3) is 10.1 Å². The number of ether oxygens (including phenoxy) is 1. The van der Waals surface area contributed by atoms with E-state index in [2.05, 4.69) is 9.97 Å². The Morgan fingerprint density at radius 3 is 2.70 bits per heavy atom. The average molecular weight is 305 g/mol. The van der Waals surface area contributed by atoms with Gasteiger partial charge in [-0.15, -0.1) is 0 Å². The number of amides is 1. The van der Waals surface area contributed by atoms with Gasteiger partial charge >= 0.3 is 6.09 Å².